The summed E-state index contributed by atoms with van der Waals surface area (Å²) in [6.07, 6.45) is 3.10. The number of ether oxygens (including phenoxy) is 2. The molecule has 0 fully saturated rings. The molecule has 0 aliphatic heterocycles. The van der Waals surface area contributed by atoms with Gasteiger partial charge in [0.05, 0.1) is 31.6 Å². The highest BCUT2D eigenvalue weighted by molar-refractivity contribution is 5.92. The van der Waals surface area contributed by atoms with Crippen LogP contribution in [0.5, 0.6) is 0 Å². The molecule has 23 heavy (non-hydrogen) atoms. The van der Waals surface area contributed by atoms with Crippen molar-refractivity contribution in [3.05, 3.63) is 12.4 Å². The molecule has 0 radical (unpaired) electrons. The molecule has 0 aliphatic rings. The number of methoxy groups -OCH3 is 1. The lowest BCUT2D eigenvalue weighted by Crippen LogP contribution is -2.37. The number of hydrogen-bond acceptors (Lipinski definition) is 6. The molecule has 132 valence electrons. The van der Waals surface area contributed by atoms with E-state index in [4.69, 9.17) is 9.47 Å². The molecule has 0 bridgehead atoms. The van der Waals surface area contributed by atoms with Gasteiger partial charge in [-0.15, -0.1) is 12.4 Å². The molecule has 8 nitrogen and oxygen atoms in total. The van der Waals surface area contributed by atoms with Crippen molar-refractivity contribution >= 4 is 30.0 Å². The van der Waals surface area contributed by atoms with Crippen molar-refractivity contribution in [1.82, 2.24) is 15.1 Å². The molecule has 0 saturated carbocycles. The fourth-order valence-corrected chi connectivity index (χ4v) is 1.68. The van der Waals surface area contributed by atoms with Crippen LogP contribution in [0.3, 0.4) is 0 Å². The van der Waals surface area contributed by atoms with Crippen LogP contribution < -0.4 is 10.6 Å². The zero-order chi connectivity index (χ0) is 16.6. The Labute approximate surface area is 142 Å². The van der Waals surface area contributed by atoms with Gasteiger partial charge in [0, 0.05) is 19.9 Å². The molecule has 9 heteroatoms. The average Bonchev–Trinajstić information content (AvgIpc) is 2.93. The predicted molar refractivity (Wildman–Crippen MR) is 88.8 cm³/mol. The Hall–Kier alpha value is -1.64. The summed E-state index contributed by atoms with van der Waals surface area (Å²) in [6.45, 7) is 6.78. The Balaban J connectivity index is 0.00000484. The van der Waals surface area contributed by atoms with E-state index in [2.05, 4.69) is 15.7 Å². The van der Waals surface area contributed by atoms with E-state index < -0.39 is 5.54 Å². The van der Waals surface area contributed by atoms with E-state index >= 15 is 0 Å². The van der Waals surface area contributed by atoms with Crippen LogP contribution in [0.1, 0.15) is 20.8 Å². The zero-order valence-electron chi connectivity index (χ0n) is 13.9. The number of carbonyl (C=O) groups is 2. The number of amides is 1. The fourth-order valence-electron chi connectivity index (χ4n) is 1.68. The normalized spacial score (nSPS) is 10.8. The largest absolute Gasteiger partial charge is 0.464 e. The first-order valence-electron chi connectivity index (χ1n) is 7.13. The Morgan fingerprint density at radius 3 is 2.70 bits per heavy atom. The van der Waals surface area contributed by atoms with Gasteiger partial charge < -0.3 is 20.1 Å². The van der Waals surface area contributed by atoms with Gasteiger partial charge in [-0.05, 0) is 20.8 Å². The summed E-state index contributed by atoms with van der Waals surface area (Å²) in [6, 6.07) is 0. The lowest BCUT2D eigenvalue weighted by atomic mass is 10.1. The highest BCUT2D eigenvalue weighted by Crippen LogP contribution is 2.18. The minimum atomic E-state index is -0.935. The molecule has 2 N–H and O–H groups in total. The smallest absolute Gasteiger partial charge is 0.333 e. The third-order valence-electron chi connectivity index (χ3n) is 2.98. The van der Waals surface area contributed by atoms with Crippen molar-refractivity contribution in [3.8, 4) is 0 Å². The standard InChI is InChI=1S/C14H24N4O4.ClH/c1-5-22-13(20)14(2,3)18-10-11(8-16-18)17-12(19)9-15-6-7-21-4;/h8,10,15H,5-7,9H2,1-4H3,(H,17,19);1H. The van der Waals surface area contributed by atoms with Crippen LogP contribution >= 0.6 is 12.4 Å². The first-order valence-corrected chi connectivity index (χ1v) is 7.13. The van der Waals surface area contributed by atoms with Crippen molar-refractivity contribution in [2.45, 2.75) is 26.3 Å². The summed E-state index contributed by atoms with van der Waals surface area (Å²) in [7, 11) is 1.60. The third-order valence-corrected chi connectivity index (χ3v) is 2.98. The van der Waals surface area contributed by atoms with Crippen LogP contribution in [-0.2, 0) is 24.6 Å². The van der Waals surface area contributed by atoms with Crippen molar-refractivity contribution < 1.29 is 19.1 Å². The summed E-state index contributed by atoms with van der Waals surface area (Å²) >= 11 is 0. The average molecular weight is 349 g/mol. The molecule has 0 unspecified atom stereocenters. The van der Waals surface area contributed by atoms with Crippen LogP contribution in [0.25, 0.3) is 0 Å². The number of carbonyl (C=O) groups excluding carboxylic acids is 2. The molecule has 1 heterocycles. The number of nitrogens with zero attached hydrogens (tertiary/aromatic N) is 2. The monoisotopic (exact) mass is 348 g/mol. The molecule has 0 saturated heterocycles. The molecule has 1 aromatic rings. The van der Waals surface area contributed by atoms with E-state index in [1.165, 1.54) is 10.9 Å². The molecular formula is C14H25ClN4O4. The van der Waals surface area contributed by atoms with E-state index in [1.807, 2.05) is 0 Å². The third kappa shape index (κ3) is 6.55. The van der Waals surface area contributed by atoms with Crippen LogP contribution in [0, 0.1) is 0 Å². The van der Waals surface area contributed by atoms with E-state index in [1.54, 1.807) is 34.1 Å². The molecule has 0 atom stereocenters. The number of hydrogen-bond donors (Lipinski definition) is 2. The minimum Gasteiger partial charge on any atom is -0.464 e. The summed E-state index contributed by atoms with van der Waals surface area (Å²) in [5.74, 6) is -0.568. The molecule has 1 rings (SSSR count). The number of esters is 1. The molecule has 1 amide bonds. The summed E-state index contributed by atoms with van der Waals surface area (Å²) < 4.78 is 11.4. The lowest BCUT2D eigenvalue weighted by molar-refractivity contribution is -0.152. The number of nitrogens with one attached hydrogen (secondary N) is 2. The topological polar surface area (TPSA) is 94.5 Å². The fraction of sp³-hybridized carbons (Fsp3) is 0.643. The summed E-state index contributed by atoms with van der Waals surface area (Å²) in [5, 5.41) is 9.76. The van der Waals surface area contributed by atoms with Crippen molar-refractivity contribution in [1.29, 1.82) is 0 Å². The Kier molecular flexibility index (Phi) is 9.47. The van der Waals surface area contributed by atoms with Crippen molar-refractivity contribution in [3.63, 3.8) is 0 Å². The van der Waals surface area contributed by atoms with Crippen LogP contribution in [0.4, 0.5) is 5.69 Å². The lowest BCUT2D eigenvalue weighted by Gasteiger charge is -2.22. The van der Waals surface area contributed by atoms with Gasteiger partial charge in [-0.25, -0.2) is 4.79 Å². The van der Waals surface area contributed by atoms with Gasteiger partial charge in [-0.3, -0.25) is 9.48 Å². The highest BCUT2D eigenvalue weighted by atomic mass is 35.5. The maximum atomic E-state index is 11.9. The Bertz CT molecular complexity index is 505. The summed E-state index contributed by atoms with van der Waals surface area (Å²) in [4.78, 5) is 23.6. The number of anilines is 1. The van der Waals surface area contributed by atoms with E-state index in [-0.39, 0.29) is 30.8 Å². The number of rotatable bonds is 9. The van der Waals surface area contributed by atoms with E-state index in [9.17, 15) is 9.59 Å². The molecular weight excluding hydrogens is 324 g/mol. The van der Waals surface area contributed by atoms with Gasteiger partial charge >= 0.3 is 5.97 Å². The van der Waals surface area contributed by atoms with Crippen molar-refractivity contribution in [2.75, 3.05) is 38.7 Å². The summed E-state index contributed by atoms with van der Waals surface area (Å²) in [5.41, 5.74) is -0.411. The maximum Gasteiger partial charge on any atom is 0.333 e. The Morgan fingerprint density at radius 2 is 2.09 bits per heavy atom. The number of aromatic nitrogens is 2. The molecule has 0 aromatic carbocycles. The first kappa shape index (κ1) is 21.4. The van der Waals surface area contributed by atoms with Crippen LogP contribution in [0.2, 0.25) is 0 Å². The second-order valence-corrected chi connectivity index (χ2v) is 5.17. The highest BCUT2D eigenvalue weighted by Gasteiger charge is 2.32. The predicted octanol–water partition coefficient (Wildman–Crippen LogP) is 0.778. The maximum absolute atomic E-state index is 11.9. The van der Waals surface area contributed by atoms with E-state index in [0.29, 0.717) is 25.4 Å². The minimum absolute atomic E-state index is 0. The SMILES string of the molecule is CCOC(=O)C(C)(C)n1cc(NC(=O)CNCCOC)cn1.Cl. The van der Waals surface area contributed by atoms with Crippen LogP contribution in [-0.4, -0.2) is 55.1 Å². The first-order chi connectivity index (χ1) is 10.4. The van der Waals surface area contributed by atoms with Gasteiger partial charge in [0.2, 0.25) is 5.91 Å². The van der Waals surface area contributed by atoms with Gasteiger partial charge in [0.1, 0.15) is 0 Å². The second-order valence-electron chi connectivity index (χ2n) is 5.17. The van der Waals surface area contributed by atoms with Crippen LogP contribution in [0.15, 0.2) is 12.4 Å². The van der Waals surface area contributed by atoms with Gasteiger partial charge in [-0.1, -0.05) is 0 Å². The zero-order valence-corrected chi connectivity index (χ0v) is 14.7. The Morgan fingerprint density at radius 1 is 1.39 bits per heavy atom. The molecule has 1 aromatic heterocycles. The second kappa shape index (κ2) is 10.2. The number of halogens is 1. The van der Waals surface area contributed by atoms with Crippen molar-refractivity contribution in [2.24, 2.45) is 0 Å². The molecule has 0 spiro atoms. The van der Waals surface area contributed by atoms with Gasteiger partial charge in [-0.2, -0.15) is 5.10 Å². The van der Waals surface area contributed by atoms with Gasteiger partial charge in [0.25, 0.3) is 0 Å². The van der Waals surface area contributed by atoms with Gasteiger partial charge in [0.15, 0.2) is 5.54 Å². The quantitative estimate of drug-likeness (QED) is 0.506. The van der Waals surface area contributed by atoms with E-state index in [0.717, 1.165) is 0 Å². The molecule has 0 aliphatic carbocycles.